The molecule has 3 rings (SSSR count). The number of rotatable bonds is 1. The first-order chi connectivity index (χ1) is 8.24. The van der Waals surface area contributed by atoms with E-state index in [0.29, 0.717) is 28.7 Å². The predicted molar refractivity (Wildman–Crippen MR) is 66.5 cm³/mol. The van der Waals surface area contributed by atoms with Crippen LogP contribution in [0.3, 0.4) is 0 Å². The average molecular weight is 232 g/mol. The van der Waals surface area contributed by atoms with Gasteiger partial charge in [-0.3, -0.25) is 0 Å². The van der Waals surface area contributed by atoms with Gasteiger partial charge in [0.15, 0.2) is 11.5 Å². The van der Waals surface area contributed by atoms with Gasteiger partial charge < -0.3 is 15.9 Å². The van der Waals surface area contributed by atoms with Gasteiger partial charge in [-0.1, -0.05) is 19.3 Å². The van der Waals surface area contributed by atoms with Crippen molar-refractivity contribution in [2.24, 2.45) is 0 Å². The average Bonchev–Trinajstić information content (AvgIpc) is 2.74. The Labute approximate surface area is 99.2 Å². The van der Waals surface area contributed by atoms with Gasteiger partial charge >= 0.3 is 0 Å². The van der Waals surface area contributed by atoms with Gasteiger partial charge in [0.2, 0.25) is 5.65 Å². The third-order valence-corrected chi connectivity index (χ3v) is 3.41. The van der Waals surface area contributed by atoms with E-state index in [1.807, 2.05) is 0 Å². The summed E-state index contributed by atoms with van der Waals surface area (Å²) in [6.45, 7) is 0. The molecule has 0 bridgehead atoms. The van der Waals surface area contributed by atoms with Crippen LogP contribution in [-0.4, -0.2) is 9.97 Å². The summed E-state index contributed by atoms with van der Waals surface area (Å²) in [5.41, 5.74) is 13.0. The molecule has 2 heterocycles. The summed E-state index contributed by atoms with van der Waals surface area (Å²) in [5, 5.41) is 0. The number of oxazole rings is 1. The van der Waals surface area contributed by atoms with Crippen molar-refractivity contribution < 1.29 is 4.42 Å². The molecule has 0 aliphatic heterocycles. The van der Waals surface area contributed by atoms with Crippen LogP contribution in [0.15, 0.2) is 10.5 Å². The second-order valence-electron chi connectivity index (χ2n) is 4.67. The van der Waals surface area contributed by atoms with Crippen LogP contribution in [0.2, 0.25) is 0 Å². The van der Waals surface area contributed by atoms with E-state index in [4.69, 9.17) is 15.9 Å². The van der Waals surface area contributed by atoms with Crippen molar-refractivity contribution in [1.82, 2.24) is 9.97 Å². The zero-order valence-corrected chi connectivity index (χ0v) is 9.65. The number of pyridine rings is 1. The Morgan fingerprint density at radius 3 is 2.65 bits per heavy atom. The number of hydrogen-bond donors (Lipinski definition) is 2. The fourth-order valence-corrected chi connectivity index (χ4v) is 2.43. The smallest absolute Gasteiger partial charge is 0.200 e. The summed E-state index contributed by atoms with van der Waals surface area (Å²) < 4.78 is 5.73. The fraction of sp³-hybridized carbons (Fsp3) is 0.500. The maximum absolute atomic E-state index is 5.73. The topological polar surface area (TPSA) is 91.0 Å². The lowest BCUT2D eigenvalue weighted by Crippen LogP contribution is -2.04. The molecule has 90 valence electrons. The molecule has 1 aliphatic rings. The van der Waals surface area contributed by atoms with Gasteiger partial charge in [0.1, 0.15) is 5.82 Å². The van der Waals surface area contributed by atoms with Crippen molar-refractivity contribution in [3.05, 3.63) is 12.0 Å². The van der Waals surface area contributed by atoms with Crippen molar-refractivity contribution in [2.75, 3.05) is 11.5 Å². The van der Waals surface area contributed by atoms with E-state index in [0.717, 1.165) is 18.7 Å². The zero-order chi connectivity index (χ0) is 11.8. The summed E-state index contributed by atoms with van der Waals surface area (Å²) in [7, 11) is 0. The Balaban J connectivity index is 2.00. The number of nitrogens with zero attached hydrogens (tertiary/aromatic N) is 2. The SMILES string of the molecule is Nc1cc2oc(C3CCCCC3)nc2nc1N. The molecule has 2 aromatic heterocycles. The van der Waals surface area contributed by atoms with E-state index >= 15 is 0 Å². The summed E-state index contributed by atoms with van der Waals surface area (Å²) >= 11 is 0. The summed E-state index contributed by atoms with van der Waals surface area (Å²) in [6, 6.07) is 1.71. The molecule has 0 saturated heterocycles. The highest BCUT2D eigenvalue weighted by Gasteiger charge is 2.21. The fourth-order valence-electron chi connectivity index (χ4n) is 2.43. The predicted octanol–water partition coefficient (Wildman–Crippen LogP) is 2.43. The lowest BCUT2D eigenvalue weighted by atomic mass is 9.89. The van der Waals surface area contributed by atoms with Crippen molar-refractivity contribution in [1.29, 1.82) is 0 Å². The standard InChI is InChI=1S/C12H16N4O/c13-8-6-9-11(15-10(8)14)16-12(17-9)7-4-2-1-3-5-7/h6-7H,1-5,13H2,(H2,14,15). The number of fused-ring (bicyclic) bond motifs is 1. The number of aromatic nitrogens is 2. The van der Waals surface area contributed by atoms with Crippen LogP contribution < -0.4 is 11.5 Å². The van der Waals surface area contributed by atoms with Crippen molar-refractivity contribution >= 4 is 22.7 Å². The largest absolute Gasteiger partial charge is 0.439 e. The van der Waals surface area contributed by atoms with Crippen LogP contribution in [-0.2, 0) is 0 Å². The van der Waals surface area contributed by atoms with Gasteiger partial charge in [0.25, 0.3) is 0 Å². The number of hydrogen-bond acceptors (Lipinski definition) is 5. The second kappa shape index (κ2) is 3.91. The van der Waals surface area contributed by atoms with Crippen LogP contribution >= 0.6 is 0 Å². The molecule has 1 aliphatic carbocycles. The maximum atomic E-state index is 5.73. The molecule has 5 nitrogen and oxygen atoms in total. The summed E-state index contributed by atoms with van der Waals surface area (Å²) in [6.07, 6.45) is 6.12. The Morgan fingerprint density at radius 2 is 1.88 bits per heavy atom. The molecule has 0 spiro atoms. The Hall–Kier alpha value is -1.78. The first-order valence-corrected chi connectivity index (χ1v) is 6.06. The van der Waals surface area contributed by atoms with Crippen molar-refractivity contribution in [3.8, 4) is 0 Å². The molecule has 0 radical (unpaired) electrons. The van der Waals surface area contributed by atoms with E-state index in [1.165, 1.54) is 19.3 Å². The Bertz CT molecular complexity index is 504. The van der Waals surface area contributed by atoms with Crippen LogP contribution in [0.4, 0.5) is 11.5 Å². The molecule has 17 heavy (non-hydrogen) atoms. The van der Waals surface area contributed by atoms with Gasteiger partial charge in [0, 0.05) is 12.0 Å². The van der Waals surface area contributed by atoms with Gasteiger partial charge in [-0.25, -0.2) is 4.98 Å². The lowest BCUT2D eigenvalue weighted by Gasteiger charge is -2.17. The third kappa shape index (κ3) is 1.81. The Morgan fingerprint density at radius 1 is 1.12 bits per heavy atom. The van der Waals surface area contributed by atoms with Gasteiger partial charge in [-0.2, -0.15) is 4.98 Å². The van der Waals surface area contributed by atoms with E-state index in [2.05, 4.69) is 9.97 Å². The molecule has 2 aromatic rings. The number of anilines is 2. The monoisotopic (exact) mass is 232 g/mol. The zero-order valence-electron chi connectivity index (χ0n) is 9.65. The molecule has 0 unspecified atom stereocenters. The first kappa shape index (κ1) is 10.4. The van der Waals surface area contributed by atoms with Crippen LogP contribution in [0, 0.1) is 0 Å². The minimum absolute atomic E-state index is 0.320. The quantitative estimate of drug-likeness (QED) is 0.787. The molecule has 1 saturated carbocycles. The highest BCUT2D eigenvalue weighted by atomic mass is 16.3. The van der Waals surface area contributed by atoms with E-state index in [1.54, 1.807) is 6.07 Å². The van der Waals surface area contributed by atoms with Crippen LogP contribution in [0.5, 0.6) is 0 Å². The number of nitrogen functional groups attached to an aromatic ring is 2. The normalized spacial score (nSPS) is 17.6. The van der Waals surface area contributed by atoms with Gasteiger partial charge in [-0.15, -0.1) is 0 Å². The third-order valence-electron chi connectivity index (χ3n) is 3.41. The first-order valence-electron chi connectivity index (χ1n) is 6.06. The van der Waals surface area contributed by atoms with Gasteiger partial charge in [0.05, 0.1) is 5.69 Å². The summed E-state index contributed by atoms with van der Waals surface area (Å²) in [4.78, 5) is 8.56. The molecule has 0 atom stereocenters. The second-order valence-corrected chi connectivity index (χ2v) is 4.67. The summed E-state index contributed by atoms with van der Waals surface area (Å²) in [5.74, 6) is 1.54. The molecule has 5 heteroatoms. The molecule has 0 aromatic carbocycles. The minimum atomic E-state index is 0.320. The molecular weight excluding hydrogens is 216 g/mol. The Kier molecular flexibility index (Phi) is 2.39. The highest BCUT2D eigenvalue weighted by molar-refractivity contribution is 5.77. The van der Waals surface area contributed by atoms with Crippen molar-refractivity contribution in [2.45, 2.75) is 38.0 Å². The molecule has 1 fully saturated rings. The highest BCUT2D eigenvalue weighted by Crippen LogP contribution is 2.34. The van der Waals surface area contributed by atoms with Crippen molar-refractivity contribution in [3.63, 3.8) is 0 Å². The molecular formula is C12H16N4O. The van der Waals surface area contributed by atoms with E-state index in [-0.39, 0.29) is 0 Å². The molecule has 4 N–H and O–H groups in total. The molecule has 0 amide bonds. The number of nitrogens with two attached hydrogens (primary N) is 2. The van der Waals surface area contributed by atoms with Crippen LogP contribution in [0.25, 0.3) is 11.2 Å². The van der Waals surface area contributed by atoms with Crippen LogP contribution in [0.1, 0.15) is 43.9 Å². The van der Waals surface area contributed by atoms with E-state index in [9.17, 15) is 0 Å². The minimum Gasteiger partial charge on any atom is -0.439 e. The van der Waals surface area contributed by atoms with E-state index < -0.39 is 0 Å². The maximum Gasteiger partial charge on any atom is 0.200 e. The van der Waals surface area contributed by atoms with Gasteiger partial charge in [-0.05, 0) is 12.8 Å². The lowest BCUT2D eigenvalue weighted by molar-refractivity contribution is 0.373.